The molecule has 0 fully saturated rings. The van der Waals surface area contributed by atoms with Crippen molar-refractivity contribution in [2.75, 3.05) is 10.6 Å². The van der Waals surface area contributed by atoms with E-state index in [1.165, 1.54) is 11.3 Å². The molecule has 3 aromatic rings. The van der Waals surface area contributed by atoms with Gasteiger partial charge in [-0.1, -0.05) is 36.4 Å². The Morgan fingerprint density at radius 1 is 0.875 bits per heavy atom. The molecule has 0 radical (unpaired) electrons. The van der Waals surface area contributed by atoms with Crippen LogP contribution in [-0.4, -0.2) is 11.9 Å². The molecule has 0 atom stereocenters. The summed E-state index contributed by atoms with van der Waals surface area (Å²) in [5.41, 5.74) is 8.09. The first-order valence-corrected chi connectivity index (χ1v) is 8.12. The molecular formula is C18H15N3O2S. The van der Waals surface area contributed by atoms with Crippen LogP contribution in [0.5, 0.6) is 0 Å². The molecule has 0 saturated carbocycles. The Morgan fingerprint density at radius 3 is 2.29 bits per heavy atom. The molecule has 0 spiro atoms. The zero-order chi connectivity index (χ0) is 16.9. The van der Waals surface area contributed by atoms with Crippen molar-refractivity contribution in [2.45, 2.75) is 0 Å². The molecule has 3 rings (SSSR count). The third-order valence-corrected chi connectivity index (χ3v) is 4.26. The highest BCUT2D eigenvalue weighted by molar-refractivity contribution is 7.12. The number of urea groups is 1. The summed E-state index contributed by atoms with van der Waals surface area (Å²) < 4.78 is 0. The van der Waals surface area contributed by atoms with E-state index in [2.05, 4.69) is 10.6 Å². The number of hydrogen-bond donors (Lipinski definition) is 3. The van der Waals surface area contributed by atoms with Crippen LogP contribution in [-0.2, 0) is 0 Å². The molecule has 0 aliphatic heterocycles. The fourth-order valence-electron chi connectivity index (χ4n) is 2.33. The number of rotatable bonds is 4. The van der Waals surface area contributed by atoms with Crippen LogP contribution in [0.2, 0.25) is 0 Å². The van der Waals surface area contributed by atoms with Gasteiger partial charge in [-0.05, 0) is 35.2 Å². The lowest BCUT2D eigenvalue weighted by molar-refractivity contribution is 0.103. The summed E-state index contributed by atoms with van der Waals surface area (Å²) in [5.74, 6) is -0.194. The molecule has 1 aromatic heterocycles. The van der Waals surface area contributed by atoms with E-state index in [9.17, 15) is 9.59 Å². The number of carbonyl (C=O) groups excluding carboxylic acids is 2. The number of primary amides is 1. The molecule has 2 aromatic carbocycles. The Labute approximate surface area is 143 Å². The van der Waals surface area contributed by atoms with Crippen LogP contribution in [0, 0.1) is 0 Å². The third-order valence-electron chi connectivity index (χ3n) is 3.34. The van der Waals surface area contributed by atoms with Gasteiger partial charge in [0, 0.05) is 16.9 Å². The highest BCUT2D eigenvalue weighted by Crippen LogP contribution is 2.29. The third kappa shape index (κ3) is 3.61. The Morgan fingerprint density at radius 2 is 1.58 bits per heavy atom. The van der Waals surface area contributed by atoms with Crippen molar-refractivity contribution in [1.82, 2.24) is 0 Å². The second-order valence-corrected chi connectivity index (χ2v) is 5.97. The molecule has 4 N–H and O–H groups in total. The summed E-state index contributed by atoms with van der Waals surface area (Å²) in [6.45, 7) is 0. The lowest BCUT2D eigenvalue weighted by Crippen LogP contribution is -2.19. The van der Waals surface area contributed by atoms with E-state index >= 15 is 0 Å². The monoisotopic (exact) mass is 337 g/mol. The van der Waals surface area contributed by atoms with E-state index in [1.807, 2.05) is 41.8 Å². The number of benzene rings is 2. The largest absolute Gasteiger partial charge is 0.351 e. The maximum Gasteiger partial charge on any atom is 0.316 e. The Balaban J connectivity index is 1.82. The number of anilines is 2. The number of nitrogens with two attached hydrogens (primary N) is 1. The molecule has 24 heavy (non-hydrogen) atoms. The quantitative estimate of drug-likeness (QED) is 0.668. The standard InChI is InChI=1S/C18H15N3O2S/c19-18(23)21-14-8-4-7-13(11-14)20-17(22)16-15(9-10-24-16)12-5-2-1-3-6-12/h1-11H,(H,20,22)(H3,19,21,23). The predicted octanol–water partition coefficient (Wildman–Crippen LogP) is 4.16. The van der Waals surface area contributed by atoms with Gasteiger partial charge < -0.3 is 16.4 Å². The molecule has 0 aliphatic carbocycles. The smallest absolute Gasteiger partial charge is 0.316 e. The van der Waals surface area contributed by atoms with Gasteiger partial charge in [0.1, 0.15) is 0 Å². The summed E-state index contributed by atoms with van der Waals surface area (Å²) in [6, 6.07) is 17.9. The first kappa shape index (κ1) is 15.8. The first-order chi connectivity index (χ1) is 11.6. The van der Waals surface area contributed by atoms with Gasteiger partial charge in [0.2, 0.25) is 0 Å². The molecule has 5 nitrogen and oxygen atoms in total. The van der Waals surface area contributed by atoms with Crippen molar-refractivity contribution < 1.29 is 9.59 Å². The molecule has 0 saturated heterocycles. The average molecular weight is 337 g/mol. The second kappa shape index (κ2) is 6.97. The Hall–Kier alpha value is -3.12. The highest BCUT2D eigenvalue weighted by atomic mass is 32.1. The minimum Gasteiger partial charge on any atom is -0.351 e. The van der Waals surface area contributed by atoms with E-state index in [0.29, 0.717) is 16.3 Å². The Kier molecular flexibility index (Phi) is 4.58. The van der Waals surface area contributed by atoms with Gasteiger partial charge >= 0.3 is 6.03 Å². The predicted molar refractivity (Wildman–Crippen MR) is 97.4 cm³/mol. The van der Waals surface area contributed by atoms with Gasteiger partial charge in [-0.25, -0.2) is 4.79 Å². The molecular weight excluding hydrogens is 322 g/mol. The molecule has 0 unspecified atom stereocenters. The van der Waals surface area contributed by atoms with Crippen molar-refractivity contribution in [3.8, 4) is 11.1 Å². The SMILES string of the molecule is NC(=O)Nc1cccc(NC(=O)c2sccc2-c2ccccc2)c1. The lowest BCUT2D eigenvalue weighted by atomic mass is 10.1. The van der Waals surface area contributed by atoms with Gasteiger partial charge in [0.05, 0.1) is 4.88 Å². The molecule has 6 heteroatoms. The van der Waals surface area contributed by atoms with Gasteiger partial charge in [-0.15, -0.1) is 11.3 Å². The van der Waals surface area contributed by atoms with E-state index in [4.69, 9.17) is 5.73 Å². The Bertz CT molecular complexity index is 875. The zero-order valence-corrected chi connectivity index (χ0v) is 13.5. The average Bonchev–Trinajstić information content (AvgIpc) is 3.05. The number of amides is 3. The van der Waals surface area contributed by atoms with Gasteiger partial charge in [-0.2, -0.15) is 0 Å². The van der Waals surface area contributed by atoms with Gasteiger partial charge in [0.15, 0.2) is 0 Å². The minimum absolute atomic E-state index is 0.194. The van der Waals surface area contributed by atoms with Crippen molar-refractivity contribution >= 4 is 34.6 Å². The molecule has 0 bridgehead atoms. The summed E-state index contributed by atoms with van der Waals surface area (Å²) in [5, 5.41) is 7.22. The highest BCUT2D eigenvalue weighted by Gasteiger charge is 2.14. The van der Waals surface area contributed by atoms with Crippen molar-refractivity contribution in [1.29, 1.82) is 0 Å². The maximum absolute atomic E-state index is 12.6. The van der Waals surface area contributed by atoms with Gasteiger partial charge in [0.25, 0.3) is 5.91 Å². The summed E-state index contributed by atoms with van der Waals surface area (Å²) in [6.07, 6.45) is 0. The molecule has 1 heterocycles. The van der Waals surface area contributed by atoms with Crippen LogP contribution in [0.1, 0.15) is 9.67 Å². The van der Waals surface area contributed by atoms with Crippen LogP contribution < -0.4 is 16.4 Å². The lowest BCUT2D eigenvalue weighted by Gasteiger charge is -2.08. The molecule has 120 valence electrons. The number of thiophene rings is 1. The number of nitrogens with one attached hydrogen (secondary N) is 2. The summed E-state index contributed by atoms with van der Waals surface area (Å²) >= 11 is 1.38. The number of hydrogen-bond acceptors (Lipinski definition) is 3. The topological polar surface area (TPSA) is 84.2 Å². The fourth-order valence-corrected chi connectivity index (χ4v) is 3.15. The summed E-state index contributed by atoms with van der Waals surface area (Å²) in [7, 11) is 0. The van der Waals surface area contributed by atoms with Crippen molar-refractivity contribution in [3.05, 3.63) is 70.9 Å². The molecule has 0 aliphatic rings. The van der Waals surface area contributed by atoms with Crippen LogP contribution in [0.3, 0.4) is 0 Å². The molecule has 3 amide bonds. The minimum atomic E-state index is -0.650. The summed E-state index contributed by atoms with van der Waals surface area (Å²) in [4.78, 5) is 24.1. The van der Waals surface area contributed by atoms with Crippen LogP contribution >= 0.6 is 11.3 Å². The first-order valence-electron chi connectivity index (χ1n) is 7.24. The van der Waals surface area contributed by atoms with Crippen LogP contribution in [0.4, 0.5) is 16.2 Å². The maximum atomic E-state index is 12.6. The van der Waals surface area contributed by atoms with Crippen molar-refractivity contribution in [2.24, 2.45) is 5.73 Å². The fraction of sp³-hybridized carbons (Fsp3) is 0. The van der Waals surface area contributed by atoms with Crippen LogP contribution in [0.15, 0.2) is 66.0 Å². The van der Waals surface area contributed by atoms with Gasteiger partial charge in [-0.3, -0.25) is 4.79 Å². The van der Waals surface area contributed by atoms with Crippen LogP contribution in [0.25, 0.3) is 11.1 Å². The zero-order valence-electron chi connectivity index (χ0n) is 12.7. The number of carbonyl (C=O) groups is 2. The van der Waals surface area contributed by atoms with E-state index < -0.39 is 6.03 Å². The second-order valence-electron chi connectivity index (χ2n) is 5.05. The normalized spacial score (nSPS) is 10.2. The van der Waals surface area contributed by atoms with Crippen molar-refractivity contribution in [3.63, 3.8) is 0 Å². The van der Waals surface area contributed by atoms with E-state index in [-0.39, 0.29) is 5.91 Å². The van der Waals surface area contributed by atoms with E-state index in [1.54, 1.807) is 24.3 Å². The van der Waals surface area contributed by atoms with E-state index in [0.717, 1.165) is 11.1 Å².